The molecule has 2 rings (SSSR count). The second-order valence-corrected chi connectivity index (χ2v) is 4.26. The number of carbonyl (C=O) groups is 3. The van der Waals surface area contributed by atoms with Crippen LogP contribution in [0.2, 0.25) is 0 Å². The quantitative estimate of drug-likeness (QED) is 0.384. The normalized spacial score (nSPS) is 25.8. The Balaban J connectivity index is 2.49. The highest BCUT2D eigenvalue weighted by Crippen LogP contribution is 2.35. The van der Waals surface area contributed by atoms with Gasteiger partial charge in [0.05, 0.1) is 0 Å². The lowest BCUT2D eigenvalue weighted by molar-refractivity contribution is -0.139. The predicted octanol–water partition coefficient (Wildman–Crippen LogP) is -0.0429. The minimum Gasteiger partial charge on any atom is -0.369 e. The highest BCUT2D eigenvalue weighted by atomic mass is 16.2. The number of hydrogen-bond donors (Lipinski definition) is 1. The summed E-state index contributed by atoms with van der Waals surface area (Å²) >= 11 is 0. The van der Waals surface area contributed by atoms with Crippen LogP contribution in [0.5, 0.6) is 0 Å². The molecule has 2 N–H and O–H groups in total. The first-order chi connectivity index (χ1) is 7.54. The Bertz CT molecular complexity index is 403. The Kier molecular flexibility index (Phi) is 2.53. The van der Waals surface area contributed by atoms with Crippen LogP contribution in [0.1, 0.15) is 25.7 Å². The molecule has 3 amide bonds. The molecule has 2 aliphatic rings. The molecule has 1 unspecified atom stereocenters. The van der Waals surface area contributed by atoms with Gasteiger partial charge < -0.3 is 5.73 Å². The zero-order valence-corrected chi connectivity index (χ0v) is 9.16. The molecule has 0 aromatic rings. The third-order valence-corrected chi connectivity index (χ3v) is 3.27. The zero-order valence-electron chi connectivity index (χ0n) is 9.16. The predicted molar refractivity (Wildman–Crippen MR) is 56.0 cm³/mol. The molecule has 5 heteroatoms. The summed E-state index contributed by atoms with van der Waals surface area (Å²) < 4.78 is 0. The van der Waals surface area contributed by atoms with Gasteiger partial charge in [0.15, 0.2) is 0 Å². The molecule has 0 spiro atoms. The van der Waals surface area contributed by atoms with Gasteiger partial charge in [-0.2, -0.15) is 0 Å². The fourth-order valence-electron chi connectivity index (χ4n) is 2.41. The van der Waals surface area contributed by atoms with E-state index in [9.17, 15) is 14.4 Å². The van der Waals surface area contributed by atoms with Gasteiger partial charge in [-0.1, -0.05) is 5.57 Å². The van der Waals surface area contributed by atoms with Crippen LogP contribution in [-0.4, -0.2) is 29.7 Å². The van der Waals surface area contributed by atoms with Gasteiger partial charge in [0.1, 0.15) is 5.92 Å². The highest BCUT2D eigenvalue weighted by molar-refractivity contribution is 6.22. The maximum Gasteiger partial charge on any atom is 0.257 e. The molecule has 0 bridgehead atoms. The Morgan fingerprint density at radius 2 is 1.88 bits per heavy atom. The average Bonchev–Trinajstić information content (AvgIpc) is 2.80. The number of rotatable bonds is 1. The Hall–Kier alpha value is -1.65. The van der Waals surface area contributed by atoms with Crippen LogP contribution in [0.25, 0.3) is 0 Å². The lowest BCUT2D eigenvalue weighted by atomic mass is 9.95. The summed E-state index contributed by atoms with van der Waals surface area (Å²) in [6.45, 7) is 0. The molecular weight excluding hydrogens is 208 g/mol. The summed E-state index contributed by atoms with van der Waals surface area (Å²) in [5.41, 5.74) is 6.48. The van der Waals surface area contributed by atoms with Crippen molar-refractivity contribution in [2.45, 2.75) is 25.7 Å². The van der Waals surface area contributed by atoms with Crippen LogP contribution in [0.15, 0.2) is 11.1 Å². The molecular formula is C11H14N2O3. The number of imide groups is 1. The standard InChI is InChI=1S/C11H14N2O3/c1-13-10(15)7(6-4-2-3-5-6)8(9(12)14)11(13)16/h8H,2-5H2,1H3,(H2,12,14). The topological polar surface area (TPSA) is 80.5 Å². The fourth-order valence-corrected chi connectivity index (χ4v) is 2.41. The molecule has 86 valence electrons. The van der Waals surface area contributed by atoms with E-state index in [4.69, 9.17) is 5.73 Å². The molecule has 2 fully saturated rings. The lowest BCUT2D eigenvalue weighted by Crippen LogP contribution is -2.32. The van der Waals surface area contributed by atoms with Crippen molar-refractivity contribution < 1.29 is 14.4 Å². The monoisotopic (exact) mass is 222 g/mol. The van der Waals surface area contributed by atoms with Gasteiger partial charge in [-0.25, -0.2) is 0 Å². The Morgan fingerprint density at radius 3 is 2.38 bits per heavy atom. The third-order valence-electron chi connectivity index (χ3n) is 3.27. The molecule has 16 heavy (non-hydrogen) atoms. The number of likely N-dealkylation sites (N-methyl/N-ethyl adjacent to an activating group) is 1. The van der Waals surface area contributed by atoms with Gasteiger partial charge >= 0.3 is 0 Å². The smallest absolute Gasteiger partial charge is 0.257 e. The highest BCUT2D eigenvalue weighted by Gasteiger charge is 2.46. The van der Waals surface area contributed by atoms with E-state index in [1.165, 1.54) is 7.05 Å². The van der Waals surface area contributed by atoms with Crippen LogP contribution in [-0.2, 0) is 14.4 Å². The average molecular weight is 222 g/mol. The van der Waals surface area contributed by atoms with Crippen LogP contribution in [0.3, 0.4) is 0 Å². The first-order valence-electron chi connectivity index (χ1n) is 5.37. The summed E-state index contributed by atoms with van der Waals surface area (Å²) in [6, 6.07) is 0. The van der Waals surface area contributed by atoms with Crippen molar-refractivity contribution in [2.75, 3.05) is 7.05 Å². The molecule has 5 nitrogen and oxygen atoms in total. The molecule has 1 saturated heterocycles. The summed E-state index contributed by atoms with van der Waals surface area (Å²) in [6.07, 6.45) is 3.61. The van der Waals surface area contributed by atoms with E-state index < -0.39 is 17.7 Å². The number of carbonyl (C=O) groups excluding carboxylic acids is 3. The van der Waals surface area contributed by atoms with Gasteiger partial charge in [0.25, 0.3) is 5.91 Å². The third kappa shape index (κ3) is 1.43. The van der Waals surface area contributed by atoms with Crippen LogP contribution in [0.4, 0.5) is 0 Å². The molecule has 0 radical (unpaired) electrons. The lowest BCUT2D eigenvalue weighted by Gasteiger charge is -2.06. The molecule has 0 aromatic carbocycles. The van der Waals surface area contributed by atoms with Gasteiger partial charge in [0.2, 0.25) is 11.8 Å². The van der Waals surface area contributed by atoms with Gasteiger partial charge in [-0.05, 0) is 25.7 Å². The number of primary amides is 1. The van der Waals surface area contributed by atoms with Crippen molar-refractivity contribution in [3.63, 3.8) is 0 Å². The van der Waals surface area contributed by atoms with Gasteiger partial charge in [-0.3, -0.25) is 19.3 Å². The molecule has 1 saturated carbocycles. The molecule has 0 aromatic heterocycles. The van der Waals surface area contributed by atoms with Crippen molar-refractivity contribution in [3.05, 3.63) is 11.1 Å². The first kappa shape index (κ1) is 10.9. The summed E-state index contributed by atoms with van der Waals surface area (Å²) in [4.78, 5) is 35.8. The van der Waals surface area contributed by atoms with E-state index in [1.54, 1.807) is 0 Å². The first-order valence-corrected chi connectivity index (χ1v) is 5.37. The SMILES string of the molecule is CN1C(=O)C(=C2CCCC2)C(C(N)=O)C1=O. The van der Waals surface area contributed by atoms with Crippen molar-refractivity contribution in [2.24, 2.45) is 11.7 Å². The van der Waals surface area contributed by atoms with E-state index in [2.05, 4.69) is 0 Å². The van der Waals surface area contributed by atoms with E-state index in [-0.39, 0.29) is 5.91 Å². The Morgan fingerprint density at radius 1 is 1.31 bits per heavy atom. The van der Waals surface area contributed by atoms with Crippen LogP contribution >= 0.6 is 0 Å². The van der Waals surface area contributed by atoms with Gasteiger partial charge in [0, 0.05) is 12.6 Å². The van der Waals surface area contributed by atoms with Crippen LogP contribution < -0.4 is 5.73 Å². The number of hydrogen-bond acceptors (Lipinski definition) is 3. The van der Waals surface area contributed by atoms with Crippen molar-refractivity contribution in [3.8, 4) is 0 Å². The number of nitrogens with two attached hydrogens (primary N) is 1. The minimum atomic E-state index is -1.05. The summed E-state index contributed by atoms with van der Waals surface area (Å²) in [7, 11) is 1.39. The molecule has 1 heterocycles. The van der Waals surface area contributed by atoms with Crippen molar-refractivity contribution >= 4 is 17.7 Å². The molecule has 1 atom stereocenters. The maximum atomic E-state index is 11.9. The van der Waals surface area contributed by atoms with E-state index in [0.717, 1.165) is 36.2 Å². The summed E-state index contributed by atoms with van der Waals surface area (Å²) in [5, 5.41) is 0. The number of amides is 3. The maximum absolute atomic E-state index is 11.9. The fraction of sp³-hybridized carbons (Fsp3) is 0.545. The van der Waals surface area contributed by atoms with E-state index in [1.807, 2.05) is 0 Å². The van der Waals surface area contributed by atoms with Crippen LogP contribution in [0, 0.1) is 5.92 Å². The van der Waals surface area contributed by atoms with E-state index in [0.29, 0.717) is 5.57 Å². The second kappa shape index (κ2) is 3.73. The van der Waals surface area contributed by atoms with Crippen molar-refractivity contribution in [1.82, 2.24) is 4.90 Å². The number of allylic oxidation sites excluding steroid dienone is 1. The Labute approximate surface area is 93.3 Å². The minimum absolute atomic E-state index is 0.345. The van der Waals surface area contributed by atoms with E-state index >= 15 is 0 Å². The second-order valence-electron chi connectivity index (χ2n) is 4.26. The summed E-state index contributed by atoms with van der Waals surface area (Å²) in [5.74, 6) is -2.62. The zero-order chi connectivity index (χ0) is 11.9. The number of nitrogens with zero attached hydrogens (tertiary/aromatic N) is 1. The number of likely N-dealkylation sites (tertiary alicyclic amines) is 1. The largest absolute Gasteiger partial charge is 0.369 e. The van der Waals surface area contributed by atoms with Gasteiger partial charge in [-0.15, -0.1) is 0 Å². The van der Waals surface area contributed by atoms with Crippen molar-refractivity contribution in [1.29, 1.82) is 0 Å². The molecule has 1 aliphatic carbocycles. The molecule has 1 aliphatic heterocycles.